The van der Waals surface area contributed by atoms with Gasteiger partial charge in [-0.3, -0.25) is 4.90 Å². The Bertz CT molecular complexity index is 1060. The van der Waals surface area contributed by atoms with Crippen LogP contribution in [0.25, 0.3) is 11.1 Å². The van der Waals surface area contributed by atoms with Crippen LogP contribution in [0, 0.1) is 11.3 Å². The van der Waals surface area contributed by atoms with E-state index in [1.54, 1.807) is 0 Å². The Hall–Kier alpha value is -2.53. The van der Waals surface area contributed by atoms with Crippen LogP contribution in [0.3, 0.4) is 0 Å². The highest BCUT2D eigenvalue weighted by molar-refractivity contribution is 5.69. The van der Waals surface area contributed by atoms with Crippen LogP contribution in [-0.4, -0.2) is 52.8 Å². The monoisotopic (exact) mass is 462 g/mol. The molecular weight excluding hydrogens is 424 g/mol. The van der Waals surface area contributed by atoms with Gasteiger partial charge in [-0.15, -0.1) is 0 Å². The molecule has 2 atom stereocenters. The maximum Gasteiger partial charge on any atom is 0.408 e. The van der Waals surface area contributed by atoms with Crippen LogP contribution in [-0.2, 0) is 6.42 Å². The summed E-state index contributed by atoms with van der Waals surface area (Å²) >= 11 is 0. The van der Waals surface area contributed by atoms with Gasteiger partial charge in [0.2, 0.25) is 0 Å². The molecular formula is C29H38N2O3. The average Bonchev–Trinajstić information content (AvgIpc) is 2.81. The maximum absolute atomic E-state index is 12.8. The first kappa shape index (κ1) is 23.2. The number of fused-ring (bicyclic) bond motifs is 4. The van der Waals surface area contributed by atoms with Crippen LogP contribution in [0.15, 0.2) is 42.5 Å². The van der Waals surface area contributed by atoms with Crippen LogP contribution < -0.4 is 4.74 Å². The van der Waals surface area contributed by atoms with Gasteiger partial charge in [-0.25, -0.2) is 4.79 Å². The summed E-state index contributed by atoms with van der Waals surface area (Å²) in [6.07, 6.45) is 3.55. The van der Waals surface area contributed by atoms with Gasteiger partial charge in [0.1, 0.15) is 5.75 Å². The number of rotatable bonds is 5. The topological polar surface area (TPSA) is 53.0 Å². The summed E-state index contributed by atoms with van der Waals surface area (Å²) in [5, 5.41) is 10.5. The van der Waals surface area contributed by atoms with Crippen LogP contribution in [0.5, 0.6) is 5.75 Å². The van der Waals surface area contributed by atoms with Crippen LogP contribution in [0.1, 0.15) is 64.1 Å². The first-order valence-corrected chi connectivity index (χ1v) is 12.9. The first-order chi connectivity index (χ1) is 16.2. The lowest BCUT2D eigenvalue weighted by Gasteiger charge is -2.54. The molecule has 3 aliphatic heterocycles. The van der Waals surface area contributed by atoms with Gasteiger partial charge < -0.3 is 14.7 Å². The van der Waals surface area contributed by atoms with E-state index >= 15 is 0 Å². The number of nitrogens with zero attached hydrogens (tertiary/aromatic N) is 2. The molecule has 0 radical (unpaired) electrons. The molecule has 6 rings (SSSR count). The largest absolute Gasteiger partial charge is 0.491 e. The van der Waals surface area contributed by atoms with Crippen molar-refractivity contribution in [1.82, 2.24) is 9.80 Å². The molecule has 0 spiro atoms. The zero-order valence-electron chi connectivity index (χ0n) is 21.0. The molecule has 3 fully saturated rings. The third-order valence-electron chi connectivity index (χ3n) is 8.23. The van der Waals surface area contributed by atoms with E-state index in [4.69, 9.17) is 4.74 Å². The number of hydrogen-bond donors (Lipinski definition) is 1. The number of carbonyl (C=O) groups is 1. The van der Waals surface area contributed by atoms with Gasteiger partial charge in [-0.2, -0.15) is 0 Å². The summed E-state index contributed by atoms with van der Waals surface area (Å²) in [4.78, 5) is 17.1. The normalized spacial score (nSPS) is 27.3. The molecule has 2 aromatic rings. The smallest absolute Gasteiger partial charge is 0.408 e. The maximum atomic E-state index is 12.8. The zero-order valence-corrected chi connectivity index (χ0v) is 21.0. The van der Waals surface area contributed by atoms with E-state index in [1.807, 2.05) is 30.9 Å². The van der Waals surface area contributed by atoms with E-state index in [-0.39, 0.29) is 23.6 Å². The van der Waals surface area contributed by atoms with Crippen molar-refractivity contribution in [2.24, 2.45) is 11.3 Å². The van der Waals surface area contributed by atoms with Crippen molar-refractivity contribution >= 4 is 6.09 Å². The molecule has 3 heterocycles. The number of benzene rings is 2. The highest BCUT2D eigenvalue weighted by atomic mass is 16.5. The van der Waals surface area contributed by atoms with Crippen molar-refractivity contribution < 1.29 is 14.6 Å². The fourth-order valence-electron chi connectivity index (χ4n) is 6.52. The molecule has 0 aromatic heterocycles. The lowest BCUT2D eigenvalue weighted by atomic mass is 9.68. The number of carboxylic acid groups (broad SMARTS) is 1. The van der Waals surface area contributed by atoms with Gasteiger partial charge in [0.05, 0.1) is 18.2 Å². The second-order valence-corrected chi connectivity index (χ2v) is 11.4. The fourth-order valence-corrected chi connectivity index (χ4v) is 6.52. The SMILES string of the molecule is CC(C)Oc1cccc(-c2ccc3c(c2)CCC(C)(C)[C@H]3N(C(=O)O)[C@@H]2CN3CCC2CC3)c1. The van der Waals surface area contributed by atoms with Gasteiger partial charge in [0.25, 0.3) is 0 Å². The molecule has 4 aliphatic rings. The Kier molecular flexibility index (Phi) is 6.09. The molecule has 182 valence electrons. The van der Waals surface area contributed by atoms with Crippen molar-refractivity contribution in [2.45, 2.75) is 71.6 Å². The lowest BCUT2D eigenvalue weighted by Crippen LogP contribution is -2.61. The molecule has 34 heavy (non-hydrogen) atoms. The Labute approximate surface area is 203 Å². The second kappa shape index (κ2) is 8.92. The third-order valence-corrected chi connectivity index (χ3v) is 8.23. The Balaban J connectivity index is 1.51. The van der Waals surface area contributed by atoms with Gasteiger partial charge in [-0.1, -0.05) is 44.2 Å². The molecule has 2 bridgehead atoms. The summed E-state index contributed by atoms with van der Waals surface area (Å²) < 4.78 is 5.91. The summed E-state index contributed by atoms with van der Waals surface area (Å²) in [7, 11) is 0. The average molecular weight is 463 g/mol. The third kappa shape index (κ3) is 4.31. The van der Waals surface area contributed by atoms with Crippen molar-refractivity contribution in [2.75, 3.05) is 19.6 Å². The Morgan fingerprint density at radius 1 is 1.12 bits per heavy atom. The van der Waals surface area contributed by atoms with Crippen molar-refractivity contribution in [1.29, 1.82) is 0 Å². The van der Waals surface area contributed by atoms with E-state index in [2.05, 4.69) is 49.1 Å². The second-order valence-electron chi connectivity index (χ2n) is 11.4. The Morgan fingerprint density at radius 2 is 1.85 bits per heavy atom. The Morgan fingerprint density at radius 3 is 2.50 bits per heavy atom. The van der Waals surface area contributed by atoms with E-state index in [9.17, 15) is 9.90 Å². The minimum Gasteiger partial charge on any atom is -0.491 e. The van der Waals surface area contributed by atoms with E-state index in [1.165, 1.54) is 11.1 Å². The highest BCUT2D eigenvalue weighted by Crippen LogP contribution is 2.50. The quantitative estimate of drug-likeness (QED) is 0.572. The van der Waals surface area contributed by atoms with Gasteiger partial charge >= 0.3 is 6.09 Å². The van der Waals surface area contributed by atoms with Crippen molar-refractivity contribution in [3.8, 4) is 16.9 Å². The molecule has 3 saturated heterocycles. The van der Waals surface area contributed by atoms with Crippen molar-refractivity contribution in [3.05, 3.63) is 53.6 Å². The highest BCUT2D eigenvalue weighted by Gasteiger charge is 2.48. The minimum atomic E-state index is -0.771. The van der Waals surface area contributed by atoms with Crippen molar-refractivity contribution in [3.63, 3.8) is 0 Å². The van der Waals surface area contributed by atoms with Gasteiger partial charge in [0.15, 0.2) is 0 Å². The lowest BCUT2D eigenvalue weighted by molar-refractivity contribution is -0.0352. The predicted octanol–water partition coefficient (Wildman–Crippen LogP) is 6.23. The van der Waals surface area contributed by atoms with Crippen LogP contribution >= 0.6 is 0 Å². The standard InChI is InChI=1S/C29H38N2O3/c1-19(2)34-24-7-5-6-21(17-24)22-8-9-25-23(16-22)10-13-29(3,4)27(25)31(28(32)33)26-18-30-14-11-20(26)12-15-30/h5-9,16-17,19-20,26-27H,10-15,18H2,1-4H3,(H,32,33)/t26-,27+/m1/s1. The number of aryl methyl sites for hydroxylation is 1. The summed E-state index contributed by atoms with van der Waals surface area (Å²) in [6.45, 7) is 11.7. The molecule has 5 heteroatoms. The van der Waals surface area contributed by atoms with E-state index in [0.29, 0.717) is 5.92 Å². The molecule has 1 N–H and O–H groups in total. The number of piperidine rings is 3. The number of ether oxygens (including phenoxy) is 1. The van der Waals surface area contributed by atoms with E-state index in [0.717, 1.165) is 62.2 Å². The van der Waals surface area contributed by atoms with Crippen LogP contribution in [0.2, 0.25) is 0 Å². The summed E-state index contributed by atoms with van der Waals surface area (Å²) in [6, 6.07) is 14.9. The summed E-state index contributed by atoms with van der Waals surface area (Å²) in [5.41, 5.74) is 4.66. The predicted molar refractivity (Wildman–Crippen MR) is 135 cm³/mol. The minimum absolute atomic E-state index is 0.0831. The zero-order chi connectivity index (χ0) is 24.0. The van der Waals surface area contributed by atoms with E-state index < -0.39 is 6.09 Å². The molecule has 1 amide bonds. The van der Waals surface area contributed by atoms with Gasteiger partial charge in [-0.05, 0) is 98.3 Å². The van der Waals surface area contributed by atoms with Gasteiger partial charge in [0, 0.05) is 6.54 Å². The molecule has 5 nitrogen and oxygen atoms in total. The summed E-state index contributed by atoms with van der Waals surface area (Å²) in [5.74, 6) is 1.36. The molecule has 0 unspecified atom stereocenters. The number of hydrogen-bond acceptors (Lipinski definition) is 3. The molecule has 1 aliphatic carbocycles. The number of amides is 1. The van der Waals surface area contributed by atoms with Crippen LogP contribution in [0.4, 0.5) is 4.79 Å². The fraction of sp³-hybridized carbons (Fsp3) is 0.552. The first-order valence-electron chi connectivity index (χ1n) is 12.9. The molecule has 0 saturated carbocycles. The molecule has 2 aromatic carbocycles.